The number of carbonyl (C=O) groups is 1. The molecule has 1 amide bonds. The zero-order valence-electron chi connectivity index (χ0n) is 16.3. The molecule has 1 aliphatic heterocycles. The van der Waals surface area contributed by atoms with Gasteiger partial charge in [-0.2, -0.15) is 5.10 Å². The Hall–Kier alpha value is -2.19. The molecule has 0 bridgehead atoms. The Kier molecular flexibility index (Phi) is 5.14. The molecular weight excluding hydrogens is 366 g/mol. The van der Waals surface area contributed by atoms with E-state index in [0.717, 1.165) is 16.8 Å². The molecule has 1 aliphatic rings. The van der Waals surface area contributed by atoms with Crippen LogP contribution in [-0.4, -0.2) is 48.4 Å². The average Bonchev–Trinajstić information content (AvgIpc) is 2.90. The maximum absolute atomic E-state index is 13.0. The number of fused-ring (bicyclic) bond motifs is 1. The number of aromatic nitrogens is 2. The molecular formula is C19H25N3O4S. The van der Waals surface area contributed by atoms with Gasteiger partial charge in [0.1, 0.15) is 0 Å². The first-order chi connectivity index (χ1) is 12.6. The fourth-order valence-electron chi connectivity index (χ4n) is 3.58. The predicted octanol–water partition coefficient (Wildman–Crippen LogP) is 2.12. The van der Waals surface area contributed by atoms with Crippen molar-refractivity contribution in [1.29, 1.82) is 0 Å². The molecule has 0 saturated heterocycles. The molecule has 0 unspecified atom stereocenters. The van der Waals surface area contributed by atoms with Crippen LogP contribution in [0.5, 0.6) is 0 Å². The highest BCUT2D eigenvalue weighted by Gasteiger charge is 2.32. The number of nitrogens with zero attached hydrogens (tertiary/aromatic N) is 3. The molecule has 2 heterocycles. The van der Waals surface area contributed by atoms with E-state index < -0.39 is 9.84 Å². The van der Waals surface area contributed by atoms with Gasteiger partial charge in [0, 0.05) is 38.9 Å². The van der Waals surface area contributed by atoms with Crippen molar-refractivity contribution in [2.75, 3.05) is 13.3 Å². The first kappa shape index (κ1) is 19.6. The summed E-state index contributed by atoms with van der Waals surface area (Å²) < 4.78 is 30.7. The molecule has 146 valence electrons. The molecule has 0 fully saturated rings. The molecule has 0 aliphatic carbocycles. The monoisotopic (exact) mass is 391 g/mol. The van der Waals surface area contributed by atoms with Crippen LogP contribution < -0.4 is 0 Å². The molecule has 3 rings (SSSR count). The van der Waals surface area contributed by atoms with Gasteiger partial charge in [-0.05, 0) is 31.5 Å². The van der Waals surface area contributed by atoms with Crippen molar-refractivity contribution < 1.29 is 17.9 Å². The SMILES string of the molecule is C[C@@H]1Cc2c(C(=O)N(C)Cc3ccc(S(C)(=O)=O)cc3)nn(C)c2[C@H](C)O1. The van der Waals surface area contributed by atoms with Gasteiger partial charge in [-0.15, -0.1) is 0 Å². The van der Waals surface area contributed by atoms with Crippen LogP contribution in [-0.2, 0) is 34.6 Å². The molecule has 0 spiro atoms. The summed E-state index contributed by atoms with van der Waals surface area (Å²) in [5.74, 6) is -0.152. The Morgan fingerprint density at radius 2 is 1.93 bits per heavy atom. The zero-order valence-corrected chi connectivity index (χ0v) is 17.1. The second kappa shape index (κ2) is 7.09. The fourth-order valence-corrected chi connectivity index (χ4v) is 4.21. The van der Waals surface area contributed by atoms with Crippen LogP contribution >= 0.6 is 0 Å². The minimum absolute atomic E-state index is 0.0390. The van der Waals surface area contributed by atoms with E-state index in [9.17, 15) is 13.2 Å². The van der Waals surface area contributed by atoms with Crippen molar-refractivity contribution in [2.45, 2.75) is 43.9 Å². The molecule has 1 aromatic heterocycles. The molecule has 0 saturated carbocycles. The third-order valence-corrected chi connectivity index (χ3v) is 5.96. The largest absolute Gasteiger partial charge is 0.369 e. The Morgan fingerprint density at radius 1 is 1.30 bits per heavy atom. The molecule has 27 heavy (non-hydrogen) atoms. The number of hydrogen-bond acceptors (Lipinski definition) is 5. The third kappa shape index (κ3) is 3.91. The molecule has 1 aromatic carbocycles. The Morgan fingerprint density at radius 3 is 2.52 bits per heavy atom. The summed E-state index contributed by atoms with van der Waals surface area (Å²) in [6, 6.07) is 6.58. The van der Waals surface area contributed by atoms with Gasteiger partial charge in [-0.1, -0.05) is 12.1 Å². The predicted molar refractivity (Wildman–Crippen MR) is 101 cm³/mol. The van der Waals surface area contributed by atoms with Crippen molar-refractivity contribution in [3.05, 3.63) is 46.8 Å². The van der Waals surface area contributed by atoms with Gasteiger partial charge in [-0.25, -0.2) is 8.42 Å². The summed E-state index contributed by atoms with van der Waals surface area (Å²) in [5.41, 5.74) is 3.22. The second-order valence-corrected chi connectivity index (χ2v) is 9.22. The van der Waals surface area contributed by atoms with E-state index in [4.69, 9.17) is 4.74 Å². The number of hydrogen-bond donors (Lipinski definition) is 0. The molecule has 0 N–H and O–H groups in total. The van der Waals surface area contributed by atoms with Crippen molar-refractivity contribution in [2.24, 2.45) is 7.05 Å². The second-order valence-electron chi connectivity index (χ2n) is 7.21. The van der Waals surface area contributed by atoms with Gasteiger partial charge in [0.25, 0.3) is 5.91 Å². The van der Waals surface area contributed by atoms with E-state index in [1.165, 1.54) is 6.26 Å². The highest BCUT2D eigenvalue weighted by molar-refractivity contribution is 7.90. The van der Waals surface area contributed by atoms with E-state index in [1.54, 1.807) is 40.9 Å². The van der Waals surface area contributed by atoms with Gasteiger partial charge in [0.2, 0.25) is 0 Å². The quantitative estimate of drug-likeness (QED) is 0.797. The number of sulfone groups is 1. The lowest BCUT2D eigenvalue weighted by atomic mass is 9.99. The van der Waals surface area contributed by atoms with E-state index in [1.807, 2.05) is 20.9 Å². The van der Waals surface area contributed by atoms with Crippen LogP contribution in [0.1, 0.15) is 47.3 Å². The summed E-state index contributed by atoms with van der Waals surface area (Å²) in [7, 11) is 0.320. The third-order valence-electron chi connectivity index (χ3n) is 4.83. The lowest BCUT2D eigenvalue weighted by Crippen LogP contribution is -2.29. The average molecular weight is 391 g/mol. The Labute approximate surface area is 159 Å². The fraction of sp³-hybridized carbons (Fsp3) is 0.474. The highest BCUT2D eigenvalue weighted by Crippen LogP contribution is 2.32. The summed E-state index contributed by atoms with van der Waals surface area (Å²) >= 11 is 0. The van der Waals surface area contributed by atoms with Crippen LogP contribution in [0.15, 0.2) is 29.2 Å². The highest BCUT2D eigenvalue weighted by atomic mass is 32.2. The number of ether oxygens (including phenoxy) is 1. The van der Waals surface area contributed by atoms with Gasteiger partial charge >= 0.3 is 0 Å². The van der Waals surface area contributed by atoms with Crippen LogP contribution in [0.4, 0.5) is 0 Å². The Balaban J connectivity index is 1.81. The summed E-state index contributed by atoms with van der Waals surface area (Å²) in [5, 5.41) is 4.45. The summed E-state index contributed by atoms with van der Waals surface area (Å²) in [6.45, 7) is 4.33. The maximum atomic E-state index is 13.0. The van der Waals surface area contributed by atoms with Crippen molar-refractivity contribution in [3.63, 3.8) is 0 Å². The summed E-state index contributed by atoms with van der Waals surface area (Å²) in [4.78, 5) is 14.9. The minimum Gasteiger partial charge on any atom is -0.369 e. The summed E-state index contributed by atoms with van der Waals surface area (Å²) in [6.07, 6.45) is 1.77. The van der Waals surface area contributed by atoms with Crippen LogP contribution in [0.3, 0.4) is 0 Å². The van der Waals surface area contributed by atoms with Crippen LogP contribution in [0.25, 0.3) is 0 Å². The van der Waals surface area contributed by atoms with Crippen LogP contribution in [0, 0.1) is 0 Å². The first-order valence-corrected chi connectivity index (χ1v) is 10.7. The normalized spacial score (nSPS) is 19.6. The molecule has 2 aromatic rings. The lowest BCUT2D eigenvalue weighted by molar-refractivity contribution is -0.00906. The van der Waals surface area contributed by atoms with Crippen molar-refractivity contribution in [1.82, 2.24) is 14.7 Å². The minimum atomic E-state index is -3.23. The Bertz CT molecular complexity index is 964. The van der Waals surface area contributed by atoms with Gasteiger partial charge in [0.15, 0.2) is 15.5 Å². The van der Waals surface area contributed by atoms with E-state index in [0.29, 0.717) is 18.7 Å². The van der Waals surface area contributed by atoms with E-state index >= 15 is 0 Å². The van der Waals surface area contributed by atoms with Gasteiger partial charge in [0.05, 0.1) is 22.8 Å². The topological polar surface area (TPSA) is 81.5 Å². The molecule has 8 heteroatoms. The van der Waals surface area contributed by atoms with Gasteiger partial charge in [-0.3, -0.25) is 9.48 Å². The van der Waals surface area contributed by atoms with Gasteiger partial charge < -0.3 is 9.64 Å². The maximum Gasteiger partial charge on any atom is 0.274 e. The van der Waals surface area contributed by atoms with Crippen LogP contribution in [0.2, 0.25) is 0 Å². The number of rotatable bonds is 4. The molecule has 0 radical (unpaired) electrons. The number of benzene rings is 1. The first-order valence-electron chi connectivity index (χ1n) is 8.83. The lowest BCUT2D eigenvalue weighted by Gasteiger charge is -2.26. The van der Waals surface area contributed by atoms with E-state index in [-0.39, 0.29) is 23.0 Å². The zero-order chi connectivity index (χ0) is 19.9. The smallest absolute Gasteiger partial charge is 0.274 e. The number of aryl methyl sites for hydroxylation is 1. The standard InChI is InChI=1S/C19H25N3O4S/c1-12-10-16-17(20-22(4)18(16)13(2)26-12)19(23)21(3)11-14-6-8-15(9-7-14)27(5,24)25/h6-9,12-13H,10-11H2,1-5H3/t12-,13+/m1/s1. The molecule has 7 nitrogen and oxygen atoms in total. The van der Waals surface area contributed by atoms with E-state index in [2.05, 4.69) is 5.10 Å². The number of carbonyl (C=O) groups excluding carboxylic acids is 1. The van der Waals surface area contributed by atoms with Crippen molar-refractivity contribution >= 4 is 15.7 Å². The number of amides is 1. The van der Waals surface area contributed by atoms with Crippen molar-refractivity contribution in [3.8, 4) is 0 Å². The molecule has 2 atom stereocenters.